The van der Waals surface area contributed by atoms with Crippen molar-refractivity contribution in [3.8, 4) is 10.6 Å². The number of halogens is 2. The highest BCUT2D eigenvalue weighted by atomic mass is 79.9. The van der Waals surface area contributed by atoms with Crippen molar-refractivity contribution in [2.45, 2.75) is 6.92 Å². The zero-order valence-corrected chi connectivity index (χ0v) is 10.7. The van der Waals surface area contributed by atoms with Crippen LogP contribution in [-0.2, 0) is 0 Å². The second kappa shape index (κ2) is 4.43. The third-order valence-electron chi connectivity index (χ3n) is 2.02. The number of thiazole rings is 1. The summed E-state index contributed by atoms with van der Waals surface area (Å²) in [5, 5.41) is 2.31. The first-order chi connectivity index (χ1) is 7.58. The quantitative estimate of drug-likeness (QED) is 0.787. The molecule has 0 saturated carbocycles. The van der Waals surface area contributed by atoms with Gasteiger partial charge in [-0.2, -0.15) is 0 Å². The van der Waals surface area contributed by atoms with Gasteiger partial charge < -0.3 is 0 Å². The topological polar surface area (TPSA) is 30.0 Å². The maximum atomic E-state index is 13.1. The van der Waals surface area contributed by atoms with Crippen molar-refractivity contribution in [2.24, 2.45) is 0 Å². The summed E-state index contributed by atoms with van der Waals surface area (Å²) < 4.78 is 13.8. The first-order valence-electron chi connectivity index (χ1n) is 4.50. The Balaban J connectivity index is 2.50. The Morgan fingerprint density at radius 2 is 2.25 bits per heavy atom. The predicted molar refractivity (Wildman–Crippen MR) is 65.2 cm³/mol. The Morgan fingerprint density at radius 1 is 1.50 bits per heavy atom. The van der Waals surface area contributed by atoms with Crippen LogP contribution in [0, 0.1) is 5.82 Å². The highest BCUT2D eigenvalue weighted by molar-refractivity contribution is 9.10. The second-order valence-electron chi connectivity index (χ2n) is 3.22. The standard InChI is InChI=1S/C11H7BrFNOS/c1-6(15)10-5-16-11(14-10)8-4-7(13)2-3-9(8)12/h2-5H,1H3. The minimum absolute atomic E-state index is 0.0879. The Bertz CT molecular complexity index is 553. The molecule has 2 aromatic rings. The average molecular weight is 300 g/mol. The molecule has 0 N–H and O–H groups in total. The Kier molecular flexibility index (Phi) is 3.16. The molecule has 0 atom stereocenters. The molecular formula is C11H7BrFNOS. The third kappa shape index (κ3) is 2.20. The highest BCUT2D eigenvalue weighted by Crippen LogP contribution is 2.31. The van der Waals surface area contributed by atoms with E-state index in [1.165, 1.54) is 30.4 Å². The fourth-order valence-corrected chi connectivity index (χ4v) is 2.68. The lowest BCUT2D eigenvalue weighted by Gasteiger charge is -1.99. The van der Waals surface area contributed by atoms with Crippen LogP contribution in [0.1, 0.15) is 17.4 Å². The van der Waals surface area contributed by atoms with E-state index < -0.39 is 0 Å². The van der Waals surface area contributed by atoms with Crippen molar-refractivity contribution in [3.05, 3.63) is 39.6 Å². The Hall–Kier alpha value is -1.07. The molecule has 0 amide bonds. The molecule has 1 aromatic heterocycles. The van der Waals surface area contributed by atoms with Crippen LogP contribution >= 0.6 is 27.3 Å². The van der Waals surface area contributed by atoms with Crippen LogP contribution < -0.4 is 0 Å². The average Bonchev–Trinajstić information content (AvgIpc) is 2.70. The maximum Gasteiger partial charge on any atom is 0.178 e. The van der Waals surface area contributed by atoms with Crippen LogP contribution in [0.4, 0.5) is 4.39 Å². The summed E-state index contributed by atoms with van der Waals surface area (Å²) in [4.78, 5) is 15.3. The summed E-state index contributed by atoms with van der Waals surface area (Å²) in [5.41, 5.74) is 1.08. The van der Waals surface area contributed by atoms with E-state index in [1.54, 1.807) is 11.4 Å². The third-order valence-corrected chi connectivity index (χ3v) is 3.59. The van der Waals surface area contributed by atoms with Gasteiger partial charge in [0.2, 0.25) is 0 Å². The molecule has 0 radical (unpaired) electrons. The van der Waals surface area contributed by atoms with Gasteiger partial charge in [-0.15, -0.1) is 11.3 Å². The Morgan fingerprint density at radius 3 is 2.88 bits per heavy atom. The lowest BCUT2D eigenvalue weighted by molar-refractivity contribution is 0.101. The molecule has 2 rings (SSSR count). The number of carbonyl (C=O) groups excluding carboxylic acids is 1. The van der Waals surface area contributed by atoms with E-state index >= 15 is 0 Å². The van der Waals surface area contributed by atoms with Gasteiger partial charge in [0, 0.05) is 22.3 Å². The Labute approximate surface area is 104 Å². The van der Waals surface area contributed by atoms with Crippen molar-refractivity contribution in [1.29, 1.82) is 0 Å². The zero-order chi connectivity index (χ0) is 11.7. The van der Waals surface area contributed by atoms with E-state index in [1.807, 2.05) is 0 Å². The van der Waals surface area contributed by atoms with Gasteiger partial charge in [0.05, 0.1) is 0 Å². The van der Waals surface area contributed by atoms with Gasteiger partial charge in [0.1, 0.15) is 16.5 Å². The molecule has 1 aromatic carbocycles. The van der Waals surface area contributed by atoms with Gasteiger partial charge in [-0.05, 0) is 18.2 Å². The molecule has 0 fully saturated rings. The summed E-state index contributed by atoms with van der Waals surface area (Å²) in [7, 11) is 0. The van der Waals surface area contributed by atoms with Crippen LogP contribution in [0.25, 0.3) is 10.6 Å². The summed E-state index contributed by atoms with van der Waals surface area (Å²) in [5.74, 6) is -0.409. The molecule has 0 aliphatic heterocycles. The van der Waals surface area contributed by atoms with Gasteiger partial charge in [0.25, 0.3) is 0 Å². The van der Waals surface area contributed by atoms with Crippen LogP contribution in [-0.4, -0.2) is 10.8 Å². The van der Waals surface area contributed by atoms with E-state index in [-0.39, 0.29) is 11.6 Å². The van der Waals surface area contributed by atoms with Crippen molar-refractivity contribution >= 4 is 33.0 Å². The number of benzene rings is 1. The van der Waals surface area contributed by atoms with E-state index in [0.717, 1.165) is 4.47 Å². The molecule has 82 valence electrons. The number of nitrogens with zero attached hydrogens (tertiary/aromatic N) is 1. The number of aromatic nitrogens is 1. The first-order valence-corrected chi connectivity index (χ1v) is 6.17. The summed E-state index contributed by atoms with van der Waals surface area (Å²) in [6, 6.07) is 4.39. The van der Waals surface area contributed by atoms with Crippen molar-refractivity contribution in [3.63, 3.8) is 0 Å². The first kappa shape index (κ1) is 11.4. The SMILES string of the molecule is CC(=O)c1csc(-c2cc(F)ccc2Br)n1. The number of rotatable bonds is 2. The minimum Gasteiger partial charge on any atom is -0.293 e. The molecule has 0 aliphatic carbocycles. The fraction of sp³-hybridized carbons (Fsp3) is 0.0909. The molecule has 0 saturated heterocycles. The lowest BCUT2D eigenvalue weighted by Crippen LogP contribution is -1.91. The predicted octanol–water partition coefficient (Wildman–Crippen LogP) is 3.91. The van der Waals surface area contributed by atoms with Gasteiger partial charge in [-0.1, -0.05) is 15.9 Å². The number of Topliss-reactive ketones (excluding diaryl/α,β-unsaturated/α-hetero) is 1. The van der Waals surface area contributed by atoms with E-state index in [4.69, 9.17) is 0 Å². The molecule has 16 heavy (non-hydrogen) atoms. The second-order valence-corrected chi connectivity index (χ2v) is 4.93. The number of hydrogen-bond acceptors (Lipinski definition) is 3. The normalized spacial score (nSPS) is 10.4. The fourth-order valence-electron chi connectivity index (χ4n) is 1.22. The molecule has 1 heterocycles. The molecule has 0 unspecified atom stereocenters. The minimum atomic E-state index is -0.322. The molecule has 5 heteroatoms. The van der Waals surface area contributed by atoms with Crippen LogP contribution in [0.2, 0.25) is 0 Å². The van der Waals surface area contributed by atoms with Gasteiger partial charge in [-0.3, -0.25) is 4.79 Å². The molecule has 0 bridgehead atoms. The van der Waals surface area contributed by atoms with E-state index in [0.29, 0.717) is 16.3 Å². The van der Waals surface area contributed by atoms with Gasteiger partial charge in [-0.25, -0.2) is 9.37 Å². The van der Waals surface area contributed by atoms with E-state index in [9.17, 15) is 9.18 Å². The summed E-state index contributed by atoms with van der Waals surface area (Å²) in [6.07, 6.45) is 0. The molecule has 2 nitrogen and oxygen atoms in total. The lowest BCUT2D eigenvalue weighted by atomic mass is 10.2. The highest BCUT2D eigenvalue weighted by Gasteiger charge is 2.11. The van der Waals surface area contributed by atoms with Crippen molar-refractivity contribution < 1.29 is 9.18 Å². The molecule has 0 aliphatic rings. The van der Waals surface area contributed by atoms with Gasteiger partial charge in [0.15, 0.2) is 5.78 Å². The van der Waals surface area contributed by atoms with Crippen molar-refractivity contribution in [1.82, 2.24) is 4.98 Å². The number of hydrogen-bond donors (Lipinski definition) is 0. The largest absolute Gasteiger partial charge is 0.293 e. The maximum absolute atomic E-state index is 13.1. The van der Waals surface area contributed by atoms with Crippen LogP contribution in [0.5, 0.6) is 0 Å². The van der Waals surface area contributed by atoms with Gasteiger partial charge >= 0.3 is 0 Å². The van der Waals surface area contributed by atoms with Crippen LogP contribution in [0.3, 0.4) is 0 Å². The zero-order valence-electron chi connectivity index (χ0n) is 8.33. The van der Waals surface area contributed by atoms with Crippen molar-refractivity contribution in [2.75, 3.05) is 0 Å². The molecule has 0 spiro atoms. The molecular weight excluding hydrogens is 293 g/mol. The summed E-state index contributed by atoms with van der Waals surface area (Å²) in [6.45, 7) is 1.46. The monoisotopic (exact) mass is 299 g/mol. The number of carbonyl (C=O) groups is 1. The number of ketones is 1. The smallest absolute Gasteiger partial charge is 0.178 e. The van der Waals surface area contributed by atoms with E-state index in [2.05, 4.69) is 20.9 Å². The van der Waals surface area contributed by atoms with Crippen LogP contribution in [0.15, 0.2) is 28.1 Å². The summed E-state index contributed by atoms with van der Waals surface area (Å²) >= 11 is 4.65.